The fourth-order valence-corrected chi connectivity index (χ4v) is 0. The maximum absolute atomic E-state index is 8.81. The molecular formula is C2H11NaO4. The predicted octanol–water partition coefficient (Wildman–Crippen LogP) is -2.92. The zero-order chi connectivity index (χ0) is 2.71. The van der Waals surface area contributed by atoms with Gasteiger partial charge in [-0.25, -0.2) is 0 Å². The van der Waals surface area contributed by atoms with E-state index in [0.29, 0.717) is 0 Å². The Bertz CT molecular complexity index is 17.2. The van der Waals surface area contributed by atoms with Crippen LogP contribution in [0.5, 0.6) is 0 Å². The van der Waals surface area contributed by atoms with Crippen molar-refractivity contribution in [1.82, 2.24) is 0 Å². The molecule has 0 amide bonds. The summed E-state index contributed by atoms with van der Waals surface area (Å²) in [6.45, 7) is 1.44. The average Bonchev–Trinajstić information content (AvgIpc) is 0.918. The third kappa shape index (κ3) is 448. The van der Waals surface area contributed by atoms with Crippen LogP contribution in [0.4, 0.5) is 0 Å². The average molecular weight is 122 g/mol. The Morgan fingerprint density at radius 3 is 1.14 bits per heavy atom. The maximum atomic E-state index is 8.81. The number of rotatable bonds is 0. The Morgan fingerprint density at radius 1 is 1.14 bits per heavy atom. The fraction of sp³-hybridized carbons (Fsp3) is 0.500. The van der Waals surface area contributed by atoms with Crippen molar-refractivity contribution in [1.29, 1.82) is 0 Å². The Kier molecular flexibility index (Phi) is 598. The van der Waals surface area contributed by atoms with Crippen molar-refractivity contribution in [3.05, 3.63) is 0 Å². The van der Waals surface area contributed by atoms with E-state index >= 15 is 0 Å². The summed E-state index contributed by atoms with van der Waals surface area (Å²) in [6.07, 6.45) is 0.750. The van der Waals surface area contributed by atoms with E-state index in [1.54, 1.807) is 0 Å². The molecule has 0 atom stereocenters. The molecule has 6 N–H and O–H groups in total. The van der Waals surface area contributed by atoms with Crippen LogP contribution in [0.1, 0.15) is 6.92 Å². The van der Waals surface area contributed by atoms with Crippen LogP contribution in [-0.4, -0.2) is 52.3 Å². The molecule has 0 saturated heterocycles. The predicted molar refractivity (Wildman–Crippen MR) is 29.7 cm³/mol. The standard InChI is InChI=1S/C2H4O.Na.3H2O.H/c1-2-3;;;;;/h2H,1H3;;3*1H2;. The third-order valence-electron chi connectivity index (χ3n) is 0. The Morgan fingerprint density at radius 2 is 1.14 bits per heavy atom. The second-order valence-electron chi connectivity index (χ2n) is 0.236. The van der Waals surface area contributed by atoms with Gasteiger partial charge in [-0.15, -0.1) is 0 Å². The van der Waals surface area contributed by atoms with E-state index in [2.05, 4.69) is 0 Å². The van der Waals surface area contributed by atoms with Gasteiger partial charge in [0.05, 0.1) is 0 Å². The molecule has 0 aliphatic carbocycles. The molecule has 0 aliphatic rings. The summed E-state index contributed by atoms with van der Waals surface area (Å²) < 4.78 is 0. The zero-order valence-electron chi connectivity index (χ0n) is 3.49. The van der Waals surface area contributed by atoms with Gasteiger partial charge in [-0.05, 0) is 6.92 Å². The topological polar surface area (TPSA) is 112 Å². The van der Waals surface area contributed by atoms with Gasteiger partial charge in [0.25, 0.3) is 0 Å². The second kappa shape index (κ2) is 84.0. The van der Waals surface area contributed by atoms with Crippen molar-refractivity contribution in [2.24, 2.45) is 0 Å². The number of carbonyl (C=O) groups excluding carboxylic acids is 1. The van der Waals surface area contributed by atoms with Crippen LogP contribution in [-0.2, 0) is 4.79 Å². The molecule has 0 aliphatic heterocycles. The first kappa shape index (κ1) is 49.8. The van der Waals surface area contributed by atoms with Crippen LogP contribution in [0, 0.1) is 0 Å². The van der Waals surface area contributed by atoms with Gasteiger partial charge in [0.15, 0.2) is 0 Å². The molecule has 0 aromatic rings. The molecule has 0 rings (SSSR count). The Balaban J connectivity index is -0.00000000333. The van der Waals surface area contributed by atoms with Gasteiger partial charge in [-0.1, -0.05) is 0 Å². The second-order valence-corrected chi connectivity index (χ2v) is 0.236. The Labute approximate surface area is 64.1 Å². The van der Waals surface area contributed by atoms with Crippen molar-refractivity contribution in [3.8, 4) is 0 Å². The van der Waals surface area contributed by atoms with Gasteiger partial charge in [-0.2, -0.15) is 0 Å². The van der Waals surface area contributed by atoms with Gasteiger partial charge in [-0.3, -0.25) is 0 Å². The van der Waals surface area contributed by atoms with Gasteiger partial charge in [0, 0.05) is 0 Å². The summed E-state index contributed by atoms with van der Waals surface area (Å²) >= 11 is 0. The molecule has 0 radical (unpaired) electrons. The molecule has 0 aromatic heterocycles. The van der Waals surface area contributed by atoms with Crippen molar-refractivity contribution in [2.45, 2.75) is 6.92 Å². The van der Waals surface area contributed by atoms with Crippen LogP contribution in [0.2, 0.25) is 0 Å². The molecule has 0 aromatic carbocycles. The van der Waals surface area contributed by atoms with Gasteiger partial charge >= 0.3 is 29.6 Å². The first-order valence-electron chi connectivity index (χ1n) is 0.813. The molecule has 0 unspecified atom stereocenters. The van der Waals surface area contributed by atoms with Crippen LogP contribution >= 0.6 is 0 Å². The van der Waals surface area contributed by atoms with E-state index in [1.165, 1.54) is 6.92 Å². The van der Waals surface area contributed by atoms with Crippen molar-refractivity contribution < 1.29 is 21.2 Å². The summed E-state index contributed by atoms with van der Waals surface area (Å²) in [4.78, 5) is 8.81. The summed E-state index contributed by atoms with van der Waals surface area (Å²) in [5, 5.41) is 0. The first-order valence-corrected chi connectivity index (χ1v) is 0.813. The number of hydrogen-bond donors (Lipinski definition) is 0. The quantitative estimate of drug-likeness (QED) is 0.249. The van der Waals surface area contributed by atoms with Gasteiger partial charge in [0.1, 0.15) is 6.29 Å². The molecule has 0 bridgehead atoms. The molecule has 7 heavy (non-hydrogen) atoms. The molecule has 44 valence electrons. The van der Waals surface area contributed by atoms with Crippen LogP contribution in [0.3, 0.4) is 0 Å². The number of hydrogen-bond acceptors (Lipinski definition) is 1. The third-order valence-corrected chi connectivity index (χ3v) is 0. The molecule has 0 spiro atoms. The van der Waals surface area contributed by atoms with Gasteiger partial charge < -0.3 is 21.2 Å². The molecule has 4 nitrogen and oxygen atoms in total. The SMILES string of the molecule is CC=O.O.O.O.[NaH]. The van der Waals surface area contributed by atoms with E-state index in [9.17, 15) is 0 Å². The van der Waals surface area contributed by atoms with E-state index in [0.717, 1.165) is 6.29 Å². The summed E-state index contributed by atoms with van der Waals surface area (Å²) in [6, 6.07) is 0. The summed E-state index contributed by atoms with van der Waals surface area (Å²) in [7, 11) is 0. The monoisotopic (exact) mass is 122 g/mol. The molecule has 0 saturated carbocycles. The zero-order valence-corrected chi connectivity index (χ0v) is 3.49. The molecular weight excluding hydrogens is 111 g/mol. The van der Waals surface area contributed by atoms with Crippen molar-refractivity contribution >= 4 is 35.8 Å². The normalized spacial score (nSPS) is 1.86. The summed E-state index contributed by atoms with van der Waals surface area (Å²) in [5.74, 6) is 0. The number of aldehydes is 1. The Hall–Kier alpha value is 0.550. The fourth-order valence-electron chi connectivity index (χ4n) is 0. The van der Waals surface area contributed by atoms with Crippen molar-refractivity contribution in [2.75, 3.05) is 0 Å². The van der Waals surface area contributed by atoms with Gasteiger partial charge in [0.2, 0.25) is 0 Å². The van der Waals surface area contributed by atoms with E-state index in [4.69, 9.17) is 4.79 Å². The number of carbonyl (C=O) groups is 1. The first-order chi connectivity index (χ1) is 1.41. The van der Waals surface area contributed by atoms with Crippen LogP contribution in [0.15, 0.2) is 0 Å². The van der Waals surface area contributed by atoms with Crippen LogP contribution < -0.4 is 0 Å². The van der Waals surface area contributed by atoms with Crippen molar-refractivity contribution in [3.63, 3.8) is 0 Å². The van der Waals surface area contributed by atoms with E-state index in [-0.39, 0.29) is 46.0 Å². The van der Waals surface area contributed by atoms with E-state index in [1.807, 2.05) is 0 Å². The minimum atomic E-state index is 0. The summed E-state index contributed by atoms with van der Waals surface area (Å²) in [5.41, 5.74) is 0. The molecule has 0 fully saturated rings. The molecule has 5 heteroatoms. The van der Waals surface area contributed by atoms with E-state index < -0.39 is 0 Å². The minimum absolute atomic E-state index is 0. The molecule has 0 heterocycles. The van der Waals surface area contributed by atoms with Crippen LogP contribution in [0.25, 0.3) is 0 Å².